The Bertz CT molecular complexity index is 197. The van der Waals surface area contributed by atoms with Gasteiger partial charge in [0.25, 0.3) is 0 Å². The highest BCUT2D eigenvalue weighted by Crippen LogP contribution is 1.97. The monoisotopic (exact) mass is 199 g/mol. The third-order valence-corrected chi connectivity index (χ3v) is 1.66. The SMILES string of the molecule is CCCCN=C(C)CC(=O)OC(C)C. The molecule has 0 aliphatic carbocycles. The maximum Gasteiger partial charge on any atom is 0.311 e. The van der Waals surface area contributed by atoms with Crippen LogP contribution in [0.15, 0.2) is 4.99 Å². The highest BCUT2D eigenvalue weighted by molar-refractivity contribution is 5.97. The number of esters is 1. The zero-order chi connectivity index (χ0) is 11.0. The standard InChI is InChI=1S/C11H21NO2/c1-5-6-7-12-10(4)8-11(13)14-9(2)3/h9H,5-8H2,1-4H3. The van der Waals surface area contributed by atoms with Crippen molar-refractivity contribution in [3.8, 4) is 0 Å². The first-order chi connectivity index (χ1) is 6.56. The molecule has 0 amide bonds. The summed E-state index contributed by atoms with van der Waals surface area (Å²) in [6.07, 6.45) is 2.50. The Labute approximate surface area is 86.6 Å². The van der Waals surface area contributed by atoms with E-state index >= 15 is 0 Å². The fourth-order valence-electron chi connectivity index (χ4n) is 0.997. The number of carbonyl (C=O) groups is 1. The maximum atomic E-state index is 11.2. The van der Waals surface area contributed by atoms with Gasteiger partial charge < -0.3 is 4.74 Å². The van der Waals surface area contributed by atoms with Gasteiger partial charge in [0.2, 0.25) is 0 Å². The van der Waals surface area contributed by atoms with E-state index in [9.17, 15) is 4.79 Å². The Morgan fingerprint density at radius 1 is 1.43 bits per heavy atom. The van der Waals surface area contributed by atoms with Crippen molar-refractivity contribution in [3.05, 3.63) is 0 Å². The predicted octanol–water partition coefficient (Wildman–Crippen LogP) is 2.59. The van der Waals surface area contributed by atoms with Crippen LogP contribution in [0.25, 0.3) is 0 Å². The second-order valence-corrected chi connectivity index (χ2v) is 3.69. The van der Waals surface area contributed by atoms with Crippen molar-refractivity contribution >= 4 is 11.7 Å². The van der Waals surface area contributed by atoms with Crippen molar-refractivity contribution in [2.24, 2.45) is 4.99 Å². The fraction of sp³-hybridized carbons (Fsp3) is 0.818. The Balaban J connectivity index is 3.75. The molecule has 0 aromatic heterocycles. The normalized spacial score (nSPS) is 11.9. The van der Waals surface area contributed by atoms with Crippen LogP contribution in [0.2, 0.25) is 0 Å². The van der Waals surface area contributed by atoms with E-state index in [4.69, 9.17) is 4.74 Å². The predicted molar refractivity (Wildman–Crippen MR) is 58.7 cm³/mol. The Kier molecular flexibility index (Phi) is 7.07. The van der Waals surface area contributed by atoms with E-state index in [1.807, 2.05) is 20.8 Å². The topological polar surface area (TPSA) is 38.7 Å². The number of hydrogen-bond donors (Lipinski definition) is 0. The molecule has 3 nitrogen and oxygen atoms in total. The van der Waals surface area contributed by atoms with Crippen molar-refractivity contribution in [2.75, 3.05) is 6.54 Å². The van der Waals surface area contributed by atoms with E-state index in [1.165, 1.54) is 0 Å². The number of nitrogens with zero attached hydrogens (tertiary/aromatic N) is 1. The van der Waals surface area contributed by atoms with Gasteiger partial charge >= 0.3 is 5.97 Å². The van der Waals surface area contributed by atoms with Gasteiger partial charge in [0.05, 0.1) is 12.5 Å². The van der Waals surface area contributed by atoms with Crippen molar-refractivity contribution in [1.29, 1.82) is 0 Å². The highest BCUT2D eigenvalue weighted by Gasteiger charge is 2.06. The number of rotatable bonds is 6. The first-order valence-electron chi connectivity index (χ1n) is 5.25. The van der Waals surface area contributed by atoms with Crippen molar-refractivity contribution in [3.63, 3.8) is 0 Å². The molecule has 14 heavy (non-hydrogen) atoms. The van der Waals surface area contributed by atoms with E-state index in [0.29, 0.717) is 6.42 Å². The summed E-state index contributed by atoms with van der Waals surface area (Å²) >= 11 is 0. The Morgan fingerprint density at radius 2 is 2.07 bits per heavy atom. The summed E-state index contributed by atoms with van der Waals surface area (Å²) < 4.78 is 5.01. The molecule has 0 N–H and O–H groups in total. The Hall–Kier alpha value is -0.860. The molecule has 0 aromatic rings. The van der Waals surface area contributed by atoms with Gasteiger partial charge in [-0.3, -0.25) is 9.79 Å². The number of hydrogen-bond acceptors (Lipinski definition) is 3. The van der Waals surface area contributed by atoms with E-state index < -0.39 is 0 Å². The molecule has 0 aliphatic heterocycles. The van der Waals surface area contributed by atoms with Crippen LogP contribution in [0.4, 0.5) is 0 Å². The smallest absolute Gasteiger partial charge is 0.311 e. The summed E-state index contributed by atoms with van der Waals surface area (Å²) in [5, 5.41) is 0. The van der Waals surface area contributed by atoms with E-state index in [0.717, 1.165) is 25.1 Å². The lowest BCUT2D eigenvalue weighted by atomic mass is 10.3. The average Bonchev–Trinajstić information content (AvgIpc) is 2.02. The summed E-state index contributed by atoms with van der Waals surface area (Å²) in [6, 6.07) is 0. The quantitative estimate of drug-likeness (QED) is 0.374. The van der Waals surface area contributed by atoms with Gasteiger partial charge in [-0.2, -0.15) is 0 Å². The molecule has 0 aromatic carbocycles. The molecule has 3 heteroatoms. The number of aliphatic imine (C=N–C) groups is 1. The average molecular weight is 199 g/mol. The van der Waals surface area contributed by atoms with Gasteiger partial charge in [0.1, 0.15) is 0 Å². The minimum atomic E-state index is -0.183. The minimum absolute atomic E-state index is 0.0362. The van der Waals surface area contributed by atoms with Crippen molar-refractivity contribution in [1.82, 2.24) is 0 Å². The van der Waals surface area contributed by atoms with Crippen LogP contribution < -0.4 is 0 Å². The molecule has 0 atom stereocenters. The van der Waals surface area contributed by atoms with Crippen molar-refractivity contribution in [2.45, 2.75) is 53.1 Å². The molecule has 0 spiro atoms. The van der Waals surface area contributed by atoms with Gasteiger partial charge in [-0.25, -0.2) is 0 Å². The summed E-state index contributed by atoms with van der Waals surface area (Å²) in [5.74, 6) is -0.183. The summed E-state index contributed by atoms with van der Waals surface area (Å²) in [7, 11) is 0. The van der Waals surface area contributed by atoms with Gasteiger partial charge in [-0.15, -0.1) is 0 Å². The number of unbranched alkanes of at least 4 members (excludes halogenated alkanes) is 1. The minimum Gasteiger partial charge on any atom is -0.463 e. The molecular formula is C11H21NO2. The van der Waals surface area contributed by atoms with Gasteiger partial charge in [0.15, 0.2) is 0 Å². The molecule has 0 rings (SSSR count). The fourth-order valence-corrected chi connectivity index (χ4v) is 0.997. The molecule has 0 unspecified atom stereocenters. The summed E-state index contributed by atoms with van der Waals surface area (Å²) in [5.41, 5.74) is 0.865. The van der Waals surface area contributed by atoms with Crippen LogP contribution in [0, 0.1) is 0 Å². The first-order valence-corrected chi connectivity index (χ1v) is 5.25. The molecule has 82 valence electrons. The lowest BCUT2D eigenvalue weighted by molar-refractivity contribution is -0.145. The summed E-state index contributed by atoms with van der Waals surface area (Å²) in [6.45, 7) is 8.51. The van der Waals surface area contributed by atoms with Crippen LogP contribution in [-0.2, 0) is 9.53 Å². The second-order valence-electron chi connectivity index (χ2n) is 3.69. The van der Waals surface area contributed by atoms with Crippen LogP contribution in [0.1, 0.15) is 47.0 Å². The molecule has 0 bridgehead atoms. The van der Waals surface area contributed by atoms with Gasteiger partial charge in [0, 0.05) is 12.3 Å². The largest absolute Gasteiger partial charge is 0.463 e. The number of carbonyl (C=O) groups excluding carboxylic acids is 1. The molecule has 0 aliphatic rings. The van der Waals surface area contributed by atoms with Gasteiger partial charge in [-0.1, -0.05) is 13.3 Å². The molecule has 0 saturated heterocycles. The highest BCUT2D eigenvalue weighted by atomic mass is 16.5. The molecule has 0 radical (unpaired) electrons. The van der Waals surface area contributed by atoms with Crippen molar-refractivity contribution < 1.29 is 9.53 Å². The summed E-state index contributed by atoms with van der Waals surface area (Å²) in [4.78, 5) is 15.5. The molecule has 0 fully saturated rings. The van der Waals surface area contributed by atoms with Crippen LogP contribution in [0.3, 0.4) is 0 Å². The first kappa shape index (κ1) is 13.1. The third-order valence-electron chi connectivity index (χ3n) is 1.66. The zero-order valence-electron chi connectivity index (χ0n) is 9.67. The second kappa shape index (κ2) is 7.54. The zero-order valence-corrected chi connectivity index (χ0v) is 9.67. The number of ether oxygens (including phenoxy) is 1. The van der Waals surface area contributed by atoms with Crippen LogP contribution >= 0.6 is 0 Å². The van der Waals surface area contributed by atoms with Crippen LogP contribution in [-0.4, -0.2) is 24.3 Å². The lowest BCUT2D eigenvalue weighted by Crippen LogP contribution is -2.14. The van der Waals surface area contributed by atoms with Gasteiger partial charge in [-0.05, 0) is 27.2 Å². The molecular weight excluding hydrogens is 178 g/mol. The molecule has 0 saturated carbocycles. The Morgan fingerprint density at radius 3 is 2.57 bits per heavy atom. The van der Waals surface area contributed by atoms with E-state index in [2.05, 4.69) is 11.9 Å². The van der Waals surface area contributed by atoms with E-state index in [1.54, 1.807) is 0 Å². The maximum absolute atomic E-state index is 11.2. The lowest BCUT2D eigenvalue weighted by Gasteiger charge is -2.07. The third kappa shape index (κ3) is 7.77. The van der Waals surface area contributed by atoms with Crippen LogP contribution in [0.5, 0.6) is 0 Å². The molecule has 0 heterocycles. The van der Waals surface area contributed by atoms with E-state index in [-0.39, 0.29) is 12.1 Å².